The topological polar surface area (TPSA) is 32.9 Å². The molecule has 3 rings (SSSR count). The molecule has 1 N–H and O–H groups in total. The van der Waals surface area contributed by atoms with Gasteiger partial charge in [0.05, 0.1) is 10.6 Å². The van der Waals surface area contributed by atoms with Gasteiger partial charge in [-0.25, -0.2) is 0 Å². The minimum Gasteiger partial charge on any atom is -0.321 e. The van der Waals surface area contributed by atoms with Crippen molar-refractivity contribution >= 4 is 11.3 Å². The maximum atomic E-state index is 11.8. The molecule has 0 aliphatic rings. The molecule has 19 heavy (non-hydrogen) atoms. The minimum absolute atomic E-state index is 0.0681. The first-order valence-corrected chi connectivity index (χ1v) is 6.96. The zero-order valence-corrected chi connectivity index (χ0v) is 11.3. The summed E-state index contributed by atoms with van der Waals surface area (Å²) in [6.07, 6.45) is 0. The van der Waals surface area contributed by atoms with Gasteiger partial charge in [0, 0.05) is 6.07 Å². The Kier molecular flexibility index (Phi) is 3.05. The van der Waals surface area contributed by atoms with E-state index in [9.17, 15) is 4.79 Å². The van der Waals surface area contributed by atoms with E-state index in [1.54, 1.807) is 17.4 Å². The third-order valence-electron chi connectivity index (χ3n) is 3.02. The highest BCUT2D eigenvalue weighted by molar-refractivity contribution is 7.13. The fraction of sp³-hybridized carbons (Fsp3) is 0.0625. The van der Waals surface area contributed by atoms with Crippen molar-refractivity contribution in [3.63, 3.8) is 0 Å². The van der Waals surface area contributed by atoms with Gasteiger partial charge in [-0.15, -0.1) is 11.3 Å². The molecule has 0 aliphatic heterocycles. The number of rotatable bonds is 2. The van der Waals surface area contributed by atoms with E-state index in [4.69, 9.17) is 0 Å². The number of hydrogen-bond donors (Lipinski definition) is 1. The number of H-pyrrole nitrogens is 1. The monoisotopic (exact) mass is 267 g/mol. The molecule has 0 saturated heterocycles. The highest BCUT2D eigenvalue weighted by atomic mass is 32.1. The molecule has 2 heterocycles. The summed E-state index contributed by atoms with van der Waals surface area (Å²) in [4.78, 5) is 15.8. The highest BCUT2D eigenvalue weighted by Gasteiger charge is 2.04. The van der Waals surface area contributed by atoms with E-state index in [1.165, 1.54) is 5.56 Å². The average Bonchev–Trinajstić information content (AvgIpc) is 2.93. The van der Waals surface area contributed by atoms with Gasteiger partial charge >= 0.3 is 0 Å². The molecule has 3 heteroatoms. The second-order valence-corrected chi connectivity index (χ2v) is 5.44. The van der Waals surface area contributed by atoms with Crippen molar-refractivity contribution in [2.45, 2.75) is 6.92 Å². The van der Waals surface area contributed by atoms with Crippen LogP contribution in [-0.2, 0) is 0 Å². The molecular formula is C16H13NOS. The van der Waals surface area contributed by atoms with Crippen LogP contribution in [0.4, 0.5) is 0 Å². The quantitative estimate of drug-likeness (QED) is 0.745. The molecule has 0 radical (unpaired) electrons. The third kappa shape index (κ3) is 2.51. The Labute approximate surface area is 115 Å². The molecule has 0 unspecified atom stereocenters. The lowest BCUT2D eigenvalue weighted by Crippen LogP contribution is -2.05. The number of benzene rings is 1. The first-order valence-electron chi connectivity index (χ1n) is 6.08. The summed E-state index contributed by atoms with van der Waals surface area (Å²) in [5.74, 6) is 0. The van der Waals surface area contributed by atoms with Gasteiger partial charge < -0.3 is 4.98 Å². The van der Waals surface area contributed by atoms with E-state index in [0.29, 0.717) is 0 Å². The molecule has 0 spiro atoms. The Hall–Kier alpha value is -2.13. The second kappa shape index (κ2) is 4.86. The van der Waals surface area contributed by atoms with E-state index >= 15 is 0 Å². The lowest BCUT2D eigenvalue weighted by Gasteiger charge is -2.04. The van der Waals surface area contributed by atoms with Crippen LogP contribution in [0.15, 0.2) is 58.7 Å². The van der Waals surface area contributed by atoms with Crippen molar-refractivity contribution in [1.82, 2.24) is 4.98 Å². The smallest absolute Gasteiger partial charge is 0.249 e. The van der Waals surface area contributed by atoms with Crippen LogP contribution in [0.2, 0.25) is 0 Å². The number of thiophene rings is 1. The molecule has 0 fully saturated rings. The Bertz CT molecular complexity index is 739. The van der Waals surface area contributed by atoms with Gasteiger partial charge in [0.2, 0.25) is 5.56 Å². The Balaban J connectivity index is 2.12. The number of nitrogens with one attached hydrogen (secondary N) is 1. The number of hydrogen-bond acceptors (Lipinski definition) is 2. The zero-order valence-electron chi connectivity index (χ0n) is 10.5. The first kappa shape index (κ1) is 11.9. The molecular weight excluding hydrogens is 254 g/mol. The van der Waals surface area contributed by atoms with Crippen molar-refractivity contribution in [3.05, 3.63) is 69.8 Å². The van der Waals surface area contributed by atoms with E-state index in [-0.39, 0.29) is 5.56 Å². The van der Waals surface area contributed by atoms with Gasteiger partial charge in [0.25, 0.3) is 0 Å². The molecule has 0 saturated carbocycles. The normalized spacial score (nSPS) is 10.6. The number of pyridine rings is 1. The molecule has 1 aromatic carbocycles. The van der Waals surface area contributed by atoms with Crippen LogP contribution in [0.3, 0.4) is 0 Å². The van der Waals surface area contributed by atoms with Gasteiger partial charge in [-0.3, -0.25) is 4.79 Å². The van der Waals surface area contributed by atoms with Crippen LogP contribution in [0, 0.1) is 6.92 Å². The molecule has 0 bridgehead atoms. The van der Waals surface area contributed by atoms with E-state index in [2.05, 4.69) is 24.0 Å². The highest BCUT2D eigenvalue weighted by Crippen LogP contribution is 2.26. The predicted octanol–water partition coefficient (Wildman–Crippen LogP) is 4.08. The van der Waals surface area contributed by atoms with Gasteiger partial charge in [0.1, 0.15) is 0 Å². The van der Waals surface area contributed by atoms with E-state index in [0.717, 1.165) is 21.7 Å². The maximum Gasteiger partial charge on any atom is 0.249 e. The SMILES string of the molecule is Cc1ccc(-c2cc(-c3cccs3)[nH]c(=O)c2)cc1. The lowest BCUT2D eigenvalue weighted by atomic mass is 10.0. The lowest BCUT2D eigenvalue weighted by molar-refractivity contribution is 1.25. The molecule has 0 amide bonds. The van der Waals surface area contributed by atoms with Gasteiger partial charge in [-0.2, -0.15) is 0 Å². The summed E-state index contributed by atoms with van der Waals surface area (Å²) in [6.45, 7) is 2.05. The summed E-state index contributed by atoms with van der Waals surface area (Å²) in [7, 11) is 0. The second-order valence-electron chi connectivity index (χ2n) is 4.49. The largest absolute Gasteiger partial charge is 0.321 e. The fourth-order valence-corrected chi connectivity index (χ4v) is 2.72. The molecule has 2 aromatic heterocycles. The number of aromatic nitrogens is 1. The average molecular weight is 267 g/mol. The van der Waals surface area contributed by atoms with Crippen molar-refractivity contribution in [2.24, 2.45) is 0 Å². The number of aryl methyl sites for hydroxylation is 1. The van der Waals surface area contributed by atoms with Crippen LogP contribution in [-0.4, -0.2) is 4.98 Å². The molecule has 0 aliphatic carbocycles. The van der Waals surface area contributed by atoms with Crippen molar-refractivity contribution < 1.29 is 0 Å². The summed E-state index contributed by atoms with van der Waals surface area (Å²) in [6, 6.07) is 15.9. The molecule has 2 nitrogen and oxygen atoms in total. The molecule has 0 atom stereocenters. The van der Waals surface area contributed by atoms with E-state index in [1.807, 2.05) is 35.7 Å². The van der Waals surface area contributed by atoms with Crippen LogP contribution in [0.25, 0.3) is 21.7 Å². The van der Waals surface area contributed by atoms with Crippen molar-refractivity contribution in [3.8, 4) is 21.7 Å². The van der Waals surface area contributed by atoms with Crippen LogP contribution >= 0.6 is 11.3 Å². The molecule has 3 aromatic rings. The fourth-order valence-electron chi connectivity index (χ4n) is 2.02. The summed E-state index contributed by atoms with van der Waals surface area (Å²) in [5, 5.41) is 2.01. The van der Waals surface area contributed by atoms with Gasteiger partial charge in [0.15, 0.2) is 0 Å². The van der Waals surface area contributed by atoms with Crippen LogP contribution < -0.4 is 5.56 Å². The standard InChI is InChI=1S/C16H13NOS/c1-11-4-6-12(7-5-11)13-9-14(17-16(18)10-13)15-3-2-8-19-15/h2-10H,1H3,(H,17,18). The van der Waals surface area contributed by atoms with Crippen LogP contribution in [0.1, 0.15) is 5.56 Å². The maximum absolute atomic E-state index is 11.8. The minimum atomic E-state index is -0.0681. The summed E-state index contributed by atoms with van der Waals surface area (Å²) >= 11 is 1.62. The Morgan fingerprint density at radius 3 is 2.47 bits per heavy atom. The van der Waals surface area contributed by atoms with Crippen molar-refractivity contribution in [2.75, 3.05) is 0 Å². The van der Waals surface area contributed by atoms with E-state index < -0.39 is 0 Å². The number of aromatic amines is 1. The zero-order chi connectivity index (χ0) is 13.2. The van der Waals surface area contributed by atoms with Gasteiger partial charge in [-0.1, -0.05) is 35.9 Å². The Morgan fingerprint density at radius 2 is 1.79 bits per heavy atom. The van der Waals surface area contributed by atoms with Crippen molar-refractivity contribution in [1.29, 1.82) is 0 Å². The first-order chi connectivity index (χ1) is 9.22. The molecule has 94 valence electrons. The third-order valence-corrected chi connectivity index (χ3v) is 3.92. The summed E-state index contributed by atoms with van der Waals surface area (Å²) < 4.78 is 0. The van der Waals surface area contributed by atoms with Crippen LogP contribution in [0.5, 0.6) is 0 Å². The summed E-state index contributed by atoms with van der Waals surface area (Å²) in [5.41, 5.74) is 4.04. The van der Waals surface area contributed by atoms with Gasteiger partial charge in [-0.05, 0) is 35.6 Å². The Morgan fingerprint density at radius 1 is 1.00 bits per heavy atom. The predicted molar refractivity (Wildman–Crippen MR) is 80.5 cm³/mol.